The molecule has 1 saturated carbocycles. The van der Waals surface area contributed by atoms with Crippen LogP contribution in [0.4, 0.5) is 0 Å². The molecule has 2 aromatic heterocycles. The number of fused-ring (bicyclic) bond motifs is 2. The van der Waals surface area contributed by atoms with Crippen molar-refractivity contribution < 1.29 is 23.5 Å². The summed E-state index contributed by atoms with van der Waals surface area (Å²) in [5.74, 6) is -1.04. The van der Waals surface area contributed by atoms with E-state index in [9.17, 15) is 14.4 Å². The maximum Gasteiger partial charge on any atom is 0.340 e. The number of halogens is 1. The first kappa shape index (κ1) is 25.1. The molecule has 2 heterocycles. The minimum atomic E-state index is -0.746. The molecule has 1 aliphatic rings. The van der Waals surface area contributed by atoms with Crippen molar-refractivity contribution in [2.75, 3.05) is 6.54 Å². The molecule has 8 heteroatoms. The Morgan fingerprint density at radius 1 is 1.03 bits per heavy atom. The van der Waals surface area contributed by atoms with Crippen molar-refractivity contribution in [3.8, 4) is 11.1 Å². The molecule has 1 aliphatic carbocycles. The maximum atomic E-state index is 12.9. The van der Waals surface area contributed by atoms with E-state index < -0.39 is 11.6 Å². The predicted octanol–water partition coefficient (Wildman–Crippen LogP) is 6.03. The molecule has 7 nitrogen and oxygen atoms in total. The average molecular weight is 522 g/mol. The number of rotatable bonds is 6. The van der Waals surface area contributed by atoms with E-state index in [0.717, 1.165) is 40.3 Å². The quantitative estimate of drug-likeness (QED) is 0.300. The van der Waals surface area contributed by atoms with Gasteiger partial charge in [0.25, 0.3) is 0 Å². The van der Waals surface area contributed by atoms with Crippen LogP contribution in [0.3, 0.4) is 0 Å². The summed E-state index contributed by atoms with van der Waals surface area (Å²) in [6.45, 7) is 4.17. The fourth-order valence-corrected chi connectivity index (χ4v) is 5.47. The van der Waals surface area contributed by atoms with E-state index >= 15 is 0 Å². The average Bonchev–Trinajstić information content (AvgIpc) is 3.31. The van der Waals surface area contributed by atoms with Crippen molar-refractivity contribution in [1.29, 1.82) is 0 Å². The Kier molecular flexibility index (Phi) is 6.82. The van der Waals surface area contributed by atoms with Crippen LogP contribution >= 0.6 is 11.6 Å². The first-order chi connectivity index (χ1) is 17.7. The number of carbonyl (C=O) groups is 2. The van der Waals surface area contributed by atoms with E-state index in [0.29, 0.717) is 46.7 Å². The van der Waals surface area contributed by atoms with Gasteiger partial charge in [0.1, 0.15) is 11.2 Å². The zero-order valence-electron chi connectivity index (χ0n) is 20.7. The van der Waals surface area contributed by atoms with Crippen LogP contribution in [0.5, 0.6) is 0 Å². The molecule has 1 fully saturated rings. The lowest BCUT2D eigenvalue weighted by Crippen LogP contribution is -2.34. The monoisotopic (exact) mass is 521 g/mol. The molecular formula is C29H28ClNO6. The third-order valence-corrected chi connectivity index (χ3v) is 7.87. The van der Waals surface area contributed by atoms with Gasteiger partial charge in [0.2, 0.25) is 5.91 Å². The summed E-state index contributed by atoms with van der Waals surface area (Å²) in [7, 11) is 0. The highest BCUT2D eigenvalue weighted by Crippen LogP contribution is 2.37. The van der Waals surface area contributed by atoms with E-state index in [-0.39, 0.29) is 24.2 Å². The number of carbonyl (C=O) groups excluding carboxylic acids is 1. The standard InChI is InChI=1S/C29H28ClNO6/c1-15-21-11-23-24(18-7-9-20(30)10-8-18)14-36-26(23)16(2)27(21)37-29(35)22(15)12-25(32)31-13-17-3-5-19(6-4-17)28(33)34/h7-11,14,17,19H,3-6,12-13H2,1-2H3,(H,31,32)(H,33,34). The molecule has 5 rings (SSSR count). The fraction of sp³-hybridized carbons (Fsp3) is 0.345. The molecular weight excluding hydrogens is 494 g/mol. The number of carboxylic acid groups (broad SMARTS) is 1. The first-order valence-electron chi connectivity index (χ1n) is 12.5. The number of hydrogen-bond donors (Lipinski definition) is 2. The van der Waals surface area contributed by atoms with Gasteiger partial charge in [-0.2, -0.15) is 0 Å². The number of amides is 1. The van der Waals surface area contributed by atoms with Gasteiger partial charge in [-0.3, -0.25) is 9.59 Å². The lowest BCUT2D eigenvalue weighted by molar-refractivity contribution is -0.143. The number of hydrogen-bond acceptors (Lipinski definition) is 5. The van der Waals surface area contributed by atoms with Gasteiger partial charge in [-0.15, -0.1) is 0 Å². The Hall–Kier alpha value is -3.58. The highest BCUT2D eigenvalue weighted by atomic mass is 35.5. The third-order valence-electron chi connectivity index (χ3n) is 7.62. The Labute approximate surface area is 218 Å². The van der Waals surface area contributed by atoms with E-state index in [1.807, 2.05) is 44.2 Å². The summed E-state index contributed by atoms with van der Waals surface area (Å²) in [5, 5.41) is 14.4. The minimum absolute atomic E-state index is 0.0823. The van der Waals surface area contributed by atoms with Crippen LogP contribution in [0.1, 0.15) is 42.4 Å². The van der Waals surface area contributed by atoms with Crippen LogP contribution in [-0.4, -0.2) is 23.5 Å². The summed E-state index contributed by atoms with van der Waals surface area (Å²) >= 11 is 6.05. The van der Waals surface area contributed by atoms with Crippen molar-refractivity contribution in [2.45, 2.75) is 46.0 Å². The van der Waals surface area contributed by atoms with Gasteiger partial charge in [0.05, 0.1) is 24.2 Å². The maximum absolute atomic E-state index is 12.9. The van der Waals surface area contributed by atoms with Crippen molar-refractivity contribution in [2.24, 2.45) is 11.8 Å². The number of furan rings is 1. The van der Waals surface area contributed by atoms with E-state index in [2.05, 4.69) is 5.32 Å². The van der Waals surface area contributed by atoms with E-state index in [1.54, 1.807) is 6.26 Å². The summed E-state index contributed by atoms with van der Waals surface area (Å²) < 4.78 is 11.6. The molecule has 0 atom stereocenters. The number of aliphatic carboxylic acids is 1. The number of nitrogens with one attached hydrogen (secondary N) is 1. The van der Waals surface area contributed by atoms with Crippen molar-refractivity contribution in [3.05, 3.63) is 68.7 Å². The summed E-state index contributed by atoms with van der Waals surface area (Å²) in [6.07, 6.45) is 4.40. The van der Waals surface area contributed by atoms with Crippen LogP contribution in [0.2, 0.25) is 5.02 Å². The molecule has 0 bridgehead atoms. The molecule has 0 saturated heterocycles. The molecule has 0 unspecified atom stereocenters. The molecule has 0 radical (unpaired) electrons. The molecule has 2 aromatic carbocycles. The molecule has 1 amide bonds. The van der Waals surface area contributed by atoms with Gasteiger partial charge < -0.3 is 19.3 Å². The molecule has 2 N–H and O–H groups in total. The molecule has 4 aromatic rings. The van der Waals surface area contributed by atoms with E-state index in [1.165, 1.54) is 0 Å². The number of aryl methyl sites for hydroxylation is 2. The molecule has 37 heavy (non-hydrogen) atoms. The van der Waals surface area contributed by atoms with Crippen molar-refractivity contribution >= 4 is 45.4 Å². The Morgan fingerprint density at radius 3 is 2.41 bits per heavy atom. The Morgan fingerprint density at radius 2 is 1.73 bits per heavy atom. The highest BCUT2D eigenvalue weighted by Gasteiger charge is 2.26. The Bertz CT molecular complexity index is 1560. The van der Waals surface area contributed by atoms with Crippen molar-refractivity contribution in [3.63, 3.8) is 0 Å². The number of carboxylic acids is 1. The van der Waals surface area contributed by atoms with Gasteiger partial charge in [-0.25, -0.2) is 4.79 Å². The lowest BCUT2D eigenvalue weighted by atomic mass is 9.82. The SMILES string of the molecule is Cc1c(CC(=O)NCC2CCC(C(=O)O)CC2)c(=O)oc2c(C)c3occ(-c4ccc(Cl)cc4)c3cc12. The van der Waals surface area contributed by atoms with Gasteiger partial charge in [0, 0.05) is 33.5 Å². The summed E-state index contributed by atoms with van der Waals surface area (Å²) in [5.41, 5.74) is 4.17. The smallest absolute Gasteiger partial charge is 0.340 e. The third kappa shape index (κ3) is 4.88. The summed E-state index contributed by atoms with van der Waals surface area (Å²) in [6, 6.07) is 9.44. The van der Waals surface area contributed by atoms with E-state index in [4.69, 9.17) is 25.5 Å². The van der Waals surface area contributed by atoms with Crippen LogP contribution in [0.25, 0.3) is 33.1 Å². The molecule has 0 spiro atoms. The van der Waals surface area contributed by atoms with Gasteiger partial charge in [-0.05, 0) is 74.8 Å². The van der Waals surface area contributed by atoms with Gasteiger partial charge in [0.15, 0.2) is 0 Å². The molecule has 192 valence electrons. The zero-order chi connectivity index (χ0) is 26.3. The topological polar surface area (TPSA) is 110 Å². The van der Waals surface area contributed by atoms with Crippen LogP contribution < -0.4 is 10.9 Å². The second-order valence-electron chi connectivity index (χ2n) is 9.94. The fourth-order valence-electron chi connectivity index (χ4n) is 5.35. The molecule has 0 aliphatic heterocycles. The second-order valence-corrected chi connectivity index (χ2v) is 10.4. The van der Waals surface area contributed by atoms with Crippen LogP contribution in [0.15, 0.2) is 50.2 Å². The predicted molar refractivity (Wildman–Crippen MR) is 142 cm³/mol. The zero-order valence-corrected chi connectivity index (χ0v) is 21.5. The normalized spacial score (nSPS) is 17.8. The Balaban J connectivity index is 1.40. The van der Waals surface area contributed by atoms with Gasteiger partial charge >= 0.3 is 11.6 Å². The minimum Gasteiger partial charge on any atom is -0.481 e. The first-order valence-corrected chi connectivity index (χ1v) is 12.8. The largest absolute Gasteiger partial charge is 0.481 e. The van der Waals surface area contributed by atoms with Crippen LogP contribution in [-0.2, 0) is 16.0 Å². The number of benzene rings is 2. The van der Waals surface area contributed by atoms with Crippen LogP contribution in [0, 0.1) is 25.7 Å². The van der Waals surface area contributed by atoms with Gasteiger partial charge in [-0.1, -0.05) is 23.7 Å². The summed E-state index contributed by atoms with van der Waals surface area (Å²) in [4.78, 5) is 36.8. The van der Waals surface area contributed by atoms with Crippen molar-refractivity contribution in [1.82, 2.24) is 5.32 Å². The second kappa shape index (κ2) is 10.1. The highest BCUT2D eigenvalue weighted by molar-refractivity contribution is 6.30. The lowest BCUT2D eigenvalue weighted by Gasteiger charge is -2.26.